The van der Waals surface area contributed by atoms with Gasteiger partial charge in [-0.25, -0.2) is 4.79 Å². The Labute approximate surface area is 121 Å². The van der Waals surface area contributed by atoms with Crippen LogP contribution in [-0.2, 0) is 10.9 Å². The molecule has 1 N–H and O–H groups in total. The number of alkyl halides is 3. The lowest BCUT2D eigenvalue weighted by Crippen LogP contribution is -2.27. The Kier molecular flexibility index (Phi) is 6.02. The van der Waals surface area contributed by atoms with E-state index in [0.717, 1.165) is 12.1 Å². The molecule has 0 aliphatic rings. The first kappa shape index (κ1) is 17.3. The molecule has 7 heteroatoms. The third kappa shape index (κ3) is 4.63. The van der Waals surface area contributed by atoms with Crippen molar-refractivity contribution in [3.63, 3.8) is 0 Å². The molecule has 1 aromatic rings. The maximum atomic E-state index is 12.8. The molecule has 0 bridgehead atoms. The van der Waals surface area contributed by atoms with Crippen LogP contribution in [0.25, 0.3) is 0 Å². The van der Waals surface area contributed by atoms with Crippen LogP contribution in [0, 0.1) is 0 Å². The summed E-state index contributed by atoms with van der Waals surface area (Å²) in [5.74, 6) is -1.59. The van der Waals surface area contributed by atoms with Gasteiger partial charge in [-0.1, -0.05) is 0 Å². The molecule has 4 nitrogen and oxygen atoms in total. The van der Waals surface area contributed by atoms with Crippen molar-refractivity contribution >= 4 is 11.7 Å². The number of carboxylic acid groups (broad SMARTS) is 1. The number of likely N-dealkylation sites (N-methyl/N-ethyl adjacent to an activating group) is 1. The Morgan fingerprint density at radius 3 is 2.48 bits per heavy atom. The average Bonchev–Trinajstić information content (AvgIpc) is 2.42. The number of halogens is 3. The number of hydrogen-bond donors (Lipinski definition) is 1. The SMILES string of the molecule is CCOCCN(CC)c1ccc(C(F)(F)F)c(C(=O)O)c1. The standard InChI is InChI=1S/C14H18F3NO3/c1-3-18(7-8-21-4-2)10-5-6-12(14(15,16)17)11(9-10)13(19)20/h5-6,9H,3-4,7-8H2,1-2H3,(H,19,20). The summed E-state index contributed by atoms with van der Waals surface area (Å²) in [6, 6.07) is 3.15. The lowest BCUT2D eigenvalue weighted by Gasteiger charge is -2.24. The van der Waals surface area contributed by atoms with Crippen molar-refractivity contribution in [2.45, 2.75) is 20.0 Å². The summed E-state index contributed by atoms with van der Waals surface area (Å²) in [6.45, 7) is 5.67. The van der Waals surface area contributed by atoms with Gasteiger partial charge in [0.25, 0.3) is 0 Å². The normalized spacial score (nSPS) is 11.5. The summed E-state index contributed by atoms with van der Waals surface area (Å²) in [5, 5.41) is 8.98. The predicted octanol–water partition coefficient (Wildman–Crippen LogP) is 3.27. The van der Waals surface area contributed by atoms with Crippen LogP contribution in [0.4, 0.5) is 18.9 Å². The summed E-state index contributed by atoms with van der Waals surface area (Å²) in [5.41, 5.74) is -1.45. The fourth-order valence-corrected chi connectivity index (χ4v) is 1.94. The summed E-state index contributed by atoms with van der Waals surface area (Å²) in [6.07, 6.45) is -4.69. The van der Waals surface area contributed by atoms with Gasteiger partial charge in [0.05, 0.1) is 17.7 Å². The maximum Gasteiger partial charge on any atom is 0.417 e. The highest BCUT2D eigenvalue weighted by molar-refractivity contribution is 5.91. The fraction of sp³-hybridized carbons (Fsp3) is 0.500. The number of aromatic carboxylic acids is 1. The topological polar surface area (TPSA) is 49.8 Å². The number of nitrogens with zero attached hydrogens (tertiary/aromatic N) is 1. The molecule has 0 radical (unpaired) electrons. The second-order valence-corrected chi connectivity index (χ2v) is 4.31. The molecule has 0 spiro atoms. The smallest absolute Gasteiger partial charge is 0.417 e. The largest absolute Gasteiger partial charge is 0.478 e. The molecule has 118 valence electrons. The molecule has 21 heavy (non-hydrogen) atoms. The molecular weight excluding hydrogens is 287 g/mol. The first-order valence-electron chi connectivity index (χ1n) is 6.58. The molecule has 0 unspecified atom stereocenters. The molecule has 0 aromatic heterocycles. The van der Waals surface area contributed by atoms with Crippen LogP contribution in [0.5, 0.6) is 0 Å². The fourth-order valence-electron chi connectivity index (χ4n) is 1.94. The summed E-state index contributed by atoms with van der Waals surface area (Å²) < 4.78 is 43.5. The minimum Gasteiger partial charge on any atom is -0.478 e. The van der Waals surface area contributed by atoms with Crippen LogP contribution in [0.2, 0.25) is 0 Å². The van der Waals surface area contributed by atoms with Crippen LogP contribution in [0.1, 0.15) is 29.8 Å². The van der Waals surface area contributed by atoms with Crippen molar-refractivity contribution in [3.8, 4) is 0 Å². The Hall–Kier alpha value is -1.76. The summed E-state index contributed by atoms with van der Waals surface area (Å²) >= 11 is 0. The first-order chi connectivity index (χ1) is 9.81. The molecule has 0 amide bonds. The second kappa shape index (κ2) is 7.31. The summed E-state index contributed by atoms with van der Waals surface area (Å²) in [4.78, 5) is 12.8. The van der Waals surface area contributed by atoms with Crippen molar-refractivity contribution in [3.05, 3.63) is 29.3 Å². The Morgan fingerprint density at radius 1 is 1.33 bits per heavy atom. The molecule has 0 saturated heterocycles. The third-order valence-corrected chi connectivity index (χ3v) is 3.00. The van der Waals surface area contributed by atoms with Gasteiger partial charge in [0.2, 0.25) is 0 Å². The minimum absolute atomic E-state index is 0.424. The Balaban J connectivity index is 3.09. The number of hydrogen-bond acceptors (Lipinski definition) is 3. The Morgan fingerprint density at radius 2 is 2.00 bits per heavy atom. The van der Waals surface area contributed by atoms with Crippen molar-refractivity contribution in [1.29, 1.82) is 0 Å². The third-order valence-electron chi connectivity index (χ3n) is 3.00. The van der Waals surface area contributed by atoms with Gasteiger partial charge in [0, 0.05) is 25.4 Å². The molecule has 0 aliphatic heterocycles. The number of rotatable bonds is 7. The van der Waals surface area contributed by atoms with Crippen LogP contribution in [-0.4, -0.2) is 37.4 Å². The van der Waals surface area contributed by atoms with E-state index in [4.69, 9.17) is 9.84 Å². The molecule has 0 heterocycles. The maximum absolute atomic E-state index is 12.8. The monoisotopic (exact) mass is 305 g/mol. The Bertz CT molecular complexity index is 489. The van der Waals surface area contributed by atoms with Crippen LogP contribution >= 0.6 is 0 Å². The van der Waals surface area contributed by atoms with E-state index < -0.39 is 23.3 Å². The van der Waals surface area contributed by atoms with E-state index in [0.29, 0.717) is 32.0 Å². The number of ether oxygens (including phenoxy) is 1. The number of benzene rings is 1. The number of anilines is 1. The molecule has 1 rings (SSSR count). The zero-order valence-corrected chi connectivity index (χ0v) is 11.9. The van der Waals surface area contributed by atoms with Gasteiger partial charge >= 0.3 is 12.1 Å². The first-order valence-corrected chi connectivity index (χ1v) is 6.58. The van der Waals surface area contributed by atoms with Crippen molar-refractivity contribution in [1.82, 2.24) is 0 Å². The lowest BCUT2D eigenvalue weighted by atomic mass is 10.1. The number of carboxylic acids is 1. The number of carbonyl (C=O) groups is 1. The van der Waals surface area contributed by atoms with Crippen LogP contribution in [0.15, 0.2) is 18.2 Å². The van der Waals surface area contributed by atoms with E-state index in [9.17, 15) is 18.0 Å². The van der Waals surface area contributed by atoms with Gasteiger partial charge in [0.1, 0.15) is 0 Å². The van der Waals surface area contributed by atoms with E-state index in [-0.39, 0.29) is 0 Å². The summed E-state index contributed by atoms with van der Waals surface area (Å²) in [7, 11) is 0. The van der Waals surface area contributed by atoms with Gasteiger partial charge in [-0.05, 0) is 32.0 Å². The van der Waals surface area contributed by atoms with E-state index in [1.807, 2.05) is 13.8 Å². The molecular formula is C14H18F3NO3. The van der Waals surface area contributed by atoms with E-state index in [1.54, 1.807) is 4.90 Å². The van der Waals surface area contributed by atoms with Gasteiger partial charge in [0.15, 0.2) is 0 Å². The zero-order chi connectivity index (χ0) is 16.0. The van der Waals surface area contributed by atoms with Gasteiger partial charge in [-0.15, -0.1) is 0 Å². The van der Waals surface area contributed by atoms with Crippen molar-refractivity contribution < 1.29 is 27.8 Å². The highest BCUT2D eigenvalue weighted by Gasteiger charge is 2.35. The van der Waals surface area contributed by atoms with Crippen LogP contribution in [0.3, 0.4) is 0 Å². The van der Waals surface area contributed by atoms with Gasteiger partial charge in [-0.2, -0.15) is 13.2 Å². The predicted molar refractivity (Wildman–Crippen MR) is 72.8 cm³/mol. The zero-order valence-electron chi connectivity index (χ0n) is 11.9. The van der Waals surface area contributed by atoms with Gasteiger partial charge < -0.3 is 14.7 Å². The highest BCUT2D eigenvalue weighted by atomic mass is 19.4. The van der Waals surface area contributed by atoms with E-state index in [1.165, 1.54) is 6.07 Å². The highest BCUT2D eigenvalue weighted by Crippen LogP contribution is 2.34. The van der Waals surface area contributed by atoms with Crippen molar-refractivity contribution in [2.75, 3.05) is 31.2 Å². The van der Waals surface area contributed by atoms with E-state index >= 15 is 0 Å². The molecule has 0 saturated carbocycles. The van der Waals surface area contributed by atoms with E-state index in [2.05, 4.69) is 0 Å². The second-order valence-electron chi connectivity index (χ2n) is 4.31. The molecule has 0 atom stereocenters. The van der Waals surface area contributed by atoms with Crippen molar-refractivity contribution in [2.24, 2.45) is 0 Å². The molecule has 0 fully saturated rings. The molecule has 0 aliphatic carbocycles. The molecule has 1 aromatic carbocycles. The lowest BCUT2D eigenvalue weighted by molar-refractivity contribution is -0.138. The minimum atomic E-state index is -4.69. The van der Waals surface area contributed by atoms with Crippen LogP contribution < -0.4 is 4.90 Å². The van der Waals surface area contributed by atoms with Gasteiger partial charge in [-0.3, -0.25) is 0 Å². The average molecular weight is 305 g/mol. The quantitative estimate of drug-likeness (QED) is 0.786.